The molecule has 1 unspecified atom stereocenters. The summed E-state index contributed by atoms with van der Waals surface area (Å²) in [6.45, 7) is 3.73. The topological polar surface area (TPSA) is 57.6 Å². The molecule has 0 saturated carbocycles. The lowest BCUT2D eigenvalue weighted by Gasteiger charge is -2.25. The summed E-state index contributed by atoms with van der Waals surface area (Å²) in [4.78, 5) is 27.4. The fourth-order valence-electron chi connectivity index (χ4n) is 3.79. The van der Waals surface area contributed by atoms with E-state index < -0.39 is 23.5 Å². The van der Waals surface area contributed by atoms with Gasteiger partial charge in [-0.2, -0.15) is 0 Å². The van der Waals surface area contributed by atoms with Crippen molar-refractivity contribution in [3.8, 4) is 0 Å². The summed E-state index contributed by atoms with van der Waals surface area (Å²) < 4.78 is 13.5. The average molecular weight is 401 g/mol. The molecule has 1 saturated heterocycles. The zero-order valence-corrected chi connectivity index (χ0v) is 16.6. The molecule has 1 fully saturated rings. The van der Waals surface area contributed by atoms with Gasteiger partial charge >= 0.3 is 0 Å². The first-order valence-corrected chi connectivity index (χ1v) is 9.57. The Kier molecular flexibility index (Phi) is 4.96. The van der Waals surface area contributed by atoms with E-state index in [4.69, 9.17) is 0 Å². The zero-order chi connectivity index (χ0) is 21.4. The maximum Gasteiger partial charge on any atom is 0.300 e. The second-order valence-corrected chi connectivity index (χ2v) is 7.37. The van der Waals surface area contributed by atoms with Crippen LogP contribution < -0.4 is 4.90 Å². The SMILES string of the molecule is Cc1ccc(C)c(/C(O)=C2\C(=O)C(=O)N(c3ccc(F)cc3)C2c2ccccc2)c1. The Labute approximate surface area is 173 Å². The second kappa shape index (κ2) is 7.59. The normalized spacial score (nSPS) is 18.1. The number of aliphatic hydroxyl groups excluding tert-OH is 1. The van der Waals surface area contributed by atoms with E-state index in [0.29, 0.717) is 16.8 Å². The number of benzene rings is 3. The van der Waals surface area contributed by atoms with Gasteiger partial charge in [0.2, 0.25) is 0 Å². The Bertz CT molecular complexity index is 1170. The fourth-order valence-corrected chi connectivity index (χ4v) is 3.79. The van der Waals surface area contributed by atoms with E-state index in [9.17, 15) is 19.1 Å². The van der Waals surface area contributed by atoms with Gasteiger partial charge in [0, 0.05) is 11.3 Å². The Hall–Kier alpha value is -3.73. The minimum Gasteiger partial charge on any atom is -0.507 e. The predicted molar refractivity (Wildman–Crippen MR) is 114 cm³/mol. The number of carbonyl (C=O) groups is 2. The van der Waals surface area contributed by atoms with Crippen molar-refractivity contribution in [1.29, 1.82) is 0 Å². The fraction of sp³-hybridized carbons (Fsp3) is 0.120. The molecule has 4 nitrogen and oxygen atoms in total. The lowest BCUT2D eigenvalue weighted by atomic mass is 9.93. The number of halogens is 1. The summed E-state index contributed by atoms with van der Waals surface area (Å²) >= 11 is 0. The maximum absolute atomic E-state index is 13.5. The molecule has 30 heavy (non-hydrogen) atoms. The van der Waals surface area contributed by atoms with Gasteiger partial charge in [0.25, 0.3) is 11.7 Å². The maximum atomic E-state index is 13.5. The van der Waals surface area contributed by atoms with Crippen molar-refractivity contribution in [3.63, 3.8) is 0 Å². The number of anilines is 1. The molecule has 1 aliphatic heterocycles. The van der Waals surface area contributed by atoms with Gasteiger partial charge < -0.3 is 5.11 Å². The first-order valence-electron chi connectivity index (χ1n) is 9.57. The summed E-state index contributed by atoms with van der Waals surface area (Å²) in [5.41, 5.74) is 3.29. The Morgan fingerprint density at radius 2 is 1.60 bits per heavy atom. The van der Waals surface area contributed by atoms with Gasteiger partial charge in [0.1, 0.15) is 11.6 Å². The summed E-state index contributed by atoms with van der Waals surface area (Å²) in [6, 6.07) is 19.2. The van der Waals surface area contributed by atoms with E-state index in [1.54, 1.807) is 30.3 Å². The first kappa shape index (κ1) is 19.6. The molecule has 4 rings (SSSR count). The van der Waals surface area contributed by atoms with Gasteiger partial charge in [-0.05, 0) is 55.3 Å². The van der Waals surface area contributed by atoms with Crippen LogP contribution in [0.5, 0.6) is 0 Å². The van der Waals surface area contributed by atoms with E-state index in [0.717, 1.165) is 11.1 Å². The molecule has 1 aliphatic rings. The highest BCUT2D eigenvalue weighted by Gasteiger charge is 2.47. The van der Waals surface area contributed by atoms with Crippen molar-refractivity contribution in [2.24, 2.45) is 0 Å². The van der Waals surface area contributed by atoms with Gasteiger partial charge in [0.05, 0.1) is 11.6 Å². The van der Waals surface area contributed by atoms with Crippen LogP contribution in [-0.2, 0) is 9.59 Å². The molecular formula is C25H20FNO3. The van der Waals surface area contributed by atoms with Crippen LogP contribution in [0.3, 0.4) is 0 Å². The third-order valence-electron chi connectivity index (χ3n) is 5.31. The van der Waals surface area contributed by atoms with Crippen LogP contribution in [-0.4, -0.2) is 16.8 Å². The van der Waals surface area contributed by atoms with Crippen molar-refractivity contribution in [1.82, 2.24) is 0 Å². The molecule has 3 aromatic rings. The molecule has 1 N–H and O–H groups in total. The number of aliphatic hydroxyl groups is 1. The Morgan fingerprint density at radius 1 is 0.933 bits per heavy atom. The van der Waals surface area contributed by atoms with E-state index in [1.165, 1.54) is 29.2 Å². The number of Topliss-reactive ketones (excluding diaryl/α,β-unsaturated/α-hetero) is 1. The van der Waals surface area contributed by atoms with Crippen LogP contribution in [0.15, 0.2) is 78.4 Å². The van der Waals surface area contributed by atoms with Gasteiger partial charge in [-0.25, -0.2) is 4.39 Å². The Balaban J connectivity index is 1.97. The van der Waals surface area contributed by atoms with Crippen LogP contribution >= 0.6 is 0 Å². The quantitative estimate of drug-likeness (QED) is 0.379. The largest absolute Gasteiger partial charge is 0.507 e. The molecule has 3 aromatic carbocycles. The smallest absolute Gasteiger partial charge is 0.300 e. The zero-order valence-electron chi connectivity index (χ0n) is 16.6. The lowest BCUT2D eigenvalue weighted by Crippen LogP contribution is -2.29. The molecule has 1 amide bonds. The number of hydrogen-bond acceptors (Lipinski definition) is 3. The third-order valence-corrected chi connectivity index (χ3v) is 5.31. The van der Waals surface area contributed by atoms with Gasteiger partial charge in [0.15, 0.2) is 0 Å². The second-order valence-electron chi connectivity index (χ2n) is 7.37. The van der Waals surface area contributed by atoms with Crippen molar-refractivity contribution in [2.45, 2.75) is 19.9 Å². The Morgan fingerprint density at radius 3 is 2.27 bits per heavy atom. The van der Waals surface area contributed by atoms with Crippen LogP contribution in [0.4, 0.5) is 10.1 Å². The molecular weight excluding hydrogens is 381 g/mol. The highest BCUT2D eigenvalue weighted by atomic mass is 19.1. The minimum absolute atomic E-state index is 0.0178. The first-order chi connectivity index (χ1) is 14.4. The van der Waals surface area contributed by atoms with Crippen LogP contribution in [0.1, 0.15) is 28.3 Å². The molecule has 0 radical (unpaired) electrons. The molecule has 1 atom stereocenters. The number of carbonyl (C=O) groups excluding carboxylic acids is 2. The number of nitrogens with zero attached hydrogens (tertiary/aromatic N) is 1. The van der Waals surface area contributed by atoms with Gasteiger partial charge in [-0.15, -0.1) is 0 Å². The summed E-state index contributed by atoms with van der Waals surface area (Å²) in [5.74, 6) is -2.19. The van der Waals surface area contributed by atoms with E-state index in [-0.39, 0.29) is 11.3 Å². The summed E-state index contributed by atoms with van der Waals surface area (Å²) in [7, 11) is 0. The number of amides is 1. The van der Waals surface area contributed by atoms with E-state index in [2.05, 4.69) is 0 Å². The molecule has 1 heterocycles. The highest BCUT2D eigenvalue weighted by Crippen LogP contribution is 2.42. The van der Waals surface area contributed by atoms with Crippen LogP contribution in [0.2, 0.25) is 0 Å². The van der Waals surface area contributed by atoms with Crippen molar-refractivity contribution >= 4 is 23.1 Å². The van der Waals surface area contributed by atoms with Gasteiger partial charge in [-0.3, -0.25) is 14.5 Å². The monoisotopic (exact) mass is 401 g/mol. The van der Waals surface area contributed by atoms with Crippen LogP contribution in [0.25, 0.3) is 5.76 Å². The highest BCUT2D eigenvalue weighted by molar-refractivity contribution is 6.51. The standard InChI is InChI=1S/C25H20FNO3/c1-15-8-9-16(2)20(14-15)23(28)21-22(17-6-4-3-5-7-17)27(25(30)24(21)29)19-12-10-18(26)11-13-19/h3-14,22,28H,1-2H3/b23-21+. The lowest BCUT2D eigenvalue weighted by molar-refractivity contribution is -0.132. The molecule has 0 aliphatic carbocycles. The van der Waals surface area contributed by atoms with Crippen molar-refractivity contribution in [3.05, 3.63) is 106 Å². The number of aryl methyl sites for hydroxylation is 2. The molecule has 5 heteroatoms. The number of hydrogen-bond donors (Lipinski definition) is 1. The number of ketones is 1. The molecule has 0 spiro atoms. The average Bonchev–Trinajstić information content (AvgIpc) is 3.01. The molecule has 0 bridgehead atoms. The van der Waals surface area contributed by atoms with E-state index >= 15 is 0 Å². The van der Waals surface area contributed by atoms with Crippen LogP contribution in [0, 0.1) is 19.7 Å². The summed E-state index contributed by atoms with van der Waals surface area (Å²) in [5, 5.41) is 11.2. The van der Waals surface area contributed by atoms with Crippen molar-refractivity contribution in [2.75, 3.05) is 4.90 Å². The van der Waals surface area contributed by atoms with E-state index in [1.807, 2.05) is 32.0 Å². The summed E-state index contributed by atoms with van der Waals surface area (Å²) in [6.07, 6.45) is 0. The molecule has 0 aromatic heterocycles. The van der Waals surface area contributed by atoms with Gasteiger partial charge in [-0.1, -0.05) is 48.0 Å². The predicted octanol–water partition coefficient (Wildman–Crippen LogP) is 5.07. The number of rotatable bonds is 3. The minimum atomic E-state index is -0.823. The third kappa shape index (κ3) is 3.28. The molecule has 150 valence electrons. The van der Waals surface area contributed by atoms with Crippen molar-refractivity contribution < 1.29 is 19.1 Å².